The van der Waals surface area contributed by atoms with Gasteiger partial charge in [-0.15, -0.1) is 0 Å². The van der Waals surface area contributed by atoms with E-state index in [1.165, 1.54) is 0 Å². The summed E-state index contributed by atoms with van der Waals surface area (Å²) in [7, 11) is 2.17. The number of aryl methyl sites for hydroxylation is 3. The van der Waals surface area contributed by atoms with Crippen LogP contribution < -0.4 is 5.32 Å². The van der Waals surface area contributed by atoms with Gasteiger partial charge < -0.3 is 15.1 Å². The van der Waals surface area contributed by atoms with Crippen molar-refractivity contribution >= 4 is 16.8 Å². The molecule has 0 spiro atoms. The molecule has 0 aliphatic carbocycles. The van der Waals surface area contributed by atoms with E-state index >= 15 is 0 Å². The smallest absolute Gasteiger partial charge is 0.252 e. The summed E-state index contributed by atoms with van der Waals surface area (Å²) in [5.41, 5.74) is 4.82. The Morgan fingerprint density at radius 3 is 2.58 bits per heavy atom. The number of hydrogen-bond acceptors (Lipinski definition) is 4. The maximum Gasteiger partial charge on any atom is 0.252 e. The molecule has 1 aliphatic rings. The van der Waals surface area contributed by atoms with Crippen LogP contribution in [0.5, 0.6) is 0 Å². The molecule has 0 atom stereocenters. The van der Waals surface area contributed by atoms with Crippen molar-refractivity contribution in [2.24, 2.45) is 0 Å². The van der Waals surface area contributed by atoms with Gasteiger partial charge in [0.05, 0.1) is 11.1 Å². The minimum absolute atomic E-state index is 0.00359. The molecular formula is C21H30N4O. The fraction of sp³-hybridized carbons (Fsp3) is 0.524. The fourth-order valence-electron chi connectivity index (χ4n) is 3.67. The summed E-state index contributed by atoms with van der Waals surface area (Å²) in [6, 6.07) is 6.08. The van der Waals surface area contributed by atoms with Crippen LogP contribution in [0.2, 0.25) is 0 Å². The molecule has 140 valence electrons. The zero-order valence-corrected chi connectivity index (χ0v) is 16.4. The molecule has 1 aliphatic heterocycles. The molecule has 0 radical (unpaired) electrons. The van der Waals surface area contributed by atoms with Crippen LogP contribution in [0.15, 0.2) is 18.2 Å². The van der Waals surface area contributed by atoms with E-state index in [0.29, 0.717) is 6.54 Å². The second-order valence-electron chi connectivity index (χ2n) is 7.54. The standard InChI is InChI=1S/C21H30N4O/c1-15-12-16(2)20-18(13-15)19(14-17(3)23-20)21(26)22-6-5-7-25-10-8-24(4)9-11-25/h12-14H,5-11H2,1-4H3,(H,22,26). The number of amides is 1. The Bertz CT molecular complexity index is 794. The Kier molecular flexibility index (Phi) is 5.89. The van der Waals surface area contributed by atoms with Gasteiger partial charge in [-0.05, 0) is 58.5 Å². The van der Waals surface area contributed by atoms with Crippen LogP contribution in [0.1, 0.15) is 33.6 Å². The Hall–Kier alpha value is -1.98. The number of likely N-dealkylation sites (N-methyl/N-ethyl adjacent to an activating group) is 1. The lowest BCUT2D eigenvalue weighted by Crippen LogP contribution is -2.45. The molecule has 1 aromatic carbocycles. The number of rotatable bonds is 5. The third-order valence-electron chi connectivity index (χ3n) is 5.15. The lowest BCUT2D eigenvalue weighted by atomic mass is 10.0. The van der Waals surface area contributed by atoms with Crippen LogP contribution in [-0.2, 0) is 0 Å². The van der Waals surface area contributed by atoms with Crippen LogP contribution >= 0.6 is 0 Å². The van der Waals surface area contributed by atoms with Gasteiger partial charge in [0.25, 0.3) is 5.91 Å². The molecule has 3 rings (SSSR count). The van der Waals surface area contributed by atoms with Gasteiger partial charge in [-0.1, -0.05) is 11.6 Å². The van der Waals surface area contributed by atoms with E-state index in [1.807, 2.05) is 13.0 Å². The number of carbonyl (C=O) groups excluding carboxylic acids is 1. The predicted octanol–water partition coefficient (Wildman–Crippen LogP) is 2.53. The lowest BCUT2D eigenvalue weighted by Gasteiger charge is -2.32. The molecular weight excluding hydrogens is 324 g/mol. The van der Waals surface area contributed by atoms with Crippen LogP contribution in [0, 0.1) is 20.8 Å². The highest BCUT2D eigenvalue weighted by Gasteiger charge is 2.15. The van der Waals surface area contributed by atoms with Gasteiger partial charge in [0, 0.05) is 43.8 Å². The summed E-state index contributed by atoms with van der Waals surface area (Å²) >= 11 is 0. The number of benzene rings is 1. The summed E-state index contributed by atoms with van der Waals surface area (Å²) in [5.74, 6) is 0.00359. The lowest BCUT2D eigenvalue weighted by molar-refractivity contribution is 0.0951. The topological polar surface area (TPSA) is 48.5 Å². The highest BCUT2D eigenvalue weighted by molar-refractivity contribution is 6.07. The van der Waals surface area contributed by atoms with Gasteiger partial charge in [0.2, 0.25) is 0 Å². The highest BCUT2D eigenvalue weighted by Crippen LogP contribution is 2.23. The van der Waals surface area contributed by atoms with Gasteiger partial charge in [-0.25, -0.2) is 0 Å². The van der Waals surface area contributed by atoms with Crippen LogP contribution in [0.3, 0.4) is 0 Å². The molecule has 0 unspecified atom stereocenters. The van der Waals surface area contributed by atoms with Crippen LogP contribution in [0.25, 0.3) is 10.9 Å². The quantitative estimate of drug-likeness (QED) is 0.839. The number of pyridine rings is 1. The number of aromatic nitrogens is 1. The Labute approximate surface area is 156 Å². The summed E-state index contributed by atoms with van der Waals surface area (Å²) in [6.45, 7) is 12.3. The van der Waals surface area contributed by atoms with Crippen LogP contribution in [-0.4, -0.2) is 67.0 Å². The van der Waals surface area contributed by atoms with Gasteiger partial charge in [-0.2, -0.15) is 0 Å². The third-order valence-corrected chi connectivity index (χ3v) is 5.15. The van der Waals surface area contributed by atoms with E-state index in [4.69, 9.17) is 0 Å². The first-order chi connectivity index (χ1) is 12.4. The van der Waals surface area contributed by atoms with E-state index in [2.05, 4.69) is 53.1 Å². The van der Waals surface area contributed by atoms with E-state index in [0.717, 1.165) is 72.4 Å². The molecule has 1 saturated heterocycles. The number of hydrogen-bond donors (Lipinski definition) is 1. The molecule has 0 bridgehead atoms. The molecule has 5 nitrogen and oxygen atoms in total. The minimum Gasteiger partial charge on any atom is -0.352 e. The van der Waals surface area contributed by atoms with Gasteiger partial charge in [-0.3, -0.25) is 9.78 Å². The second-order valence-corrected chi connectivity index (χ2v) is 7.54. The normalized spacial score (nSPS) is 16.2. The first-order valence-corrected chi connectivity index (χ1v) is 9.52. The molecule has 5 heteroatoms. The average molecular weight is 354 g/mol. The molecule has 26 heavy (non-hydrogen) atoms. The largest absolute Gasteiger partial charge is 0.352 e. The highest BCUT2D eigenvalue weighted by atomic mass is 16.1. The number of nitrogens with one attached hydrogen (secondary N) is 1. The number of carbonyl (C=O) groups is 1. The molecule has 1 N–H and O–H groups in total. The second kappa shape index (κ2) is 8.14. The zero-order valence-electron chi connectivity index (χ0n) is 16.4. The van der Waals surface area contributed by atoms with Gasteiger partial charge >= 0.3 is 0 Å². The minimum atomic E-state index is 0.00359. The third kappa shape index (κ3) is 4.40. The first-order valence-electron chi connectivity index (χ1n) is 9.52. The Morgan fingerprint density at radius 1 is 1.12 bits per heavy atom. The van der Waals surface area contributed by atoms with Crippen molar-refractivity contribution in [1.82, 2.24) is 20.1 Å². The Morgan fingerprint density at radius 2 is 1.85 bits per heavy atom. The van der Waals surface area contributed by atoms with Crippen molar-refractivity contribution in [2.75, 3.05) is 46.3 Å². The van der Waals surface area contributed by atoms with Gasteiger partial charge in [0.1, 0.15) is 0 Å². The first kappa shape index (κ1) is 18.8. The SMILES string of the molecule is Cc1cc(C)c2nc(C)cc(C(=O)NCCCN3CCN(C)CC3)c2c1. The summed E-state index contributed by atoms with van der Waals surface area (Å²) in [6.07, 6.45) is 0.982. The molecule has 1 amide bonds. The van der Waals surface area contributed by atoms with Crippen molar-refractivity contribution in [3.63, 3.8) is 0 Å². The maximum absolute atomic E-state index is 12.8. The number of fused-ring (bicyclic) bond motifs is 1. The average Bonchev–Trinajstić information content (AvgIpc) is 2.60. The maximum atomic E-state index is 12.8. The van der Waals surface area contributed by atoms with Crippen molar-refractivity contribution in [3.8, 4) is 0 Å². The van der Waals surface area contributed by atoms with E-state index in [-0.39, 0.29) is 5.91 Å². The molecule has 2 aromatic rings. The monoisotopic (exact) mass is 354 g/mol. The molecule has 1 fully saturated rings. The summed E-state index contributed by atoms with van der Waals surface area (Å²) in [4.78, 5) is 22.2. The van der Waals surface area contributed by atoms with Crippen molar-refractivity contribution in [2.45, 2.75) is 27.2 Å². The van der Waals surface area contributed by atoms with Gasteiger partial charge in [0.15, 0.2) is 0 Å². The summed E-state index contributed by atoms with van der Waals surface area (Å²) in [5, 5.41) is 4.05. The van der Waals surface area contributed by atoms with Crippen LogP contribution in [0.4, 0.5) is 0 Å². The molecule has 2 heterocycles. The molecule has 1 aromatic heterocycles. The number of nitrogens with zero attached hydrogens (tertiary/aromatic N) is 3. The fourth-order valence-corrected chi connectivity index (χ4v) is 3.67. The van der Waals surface area contributed by atoms with Crippen molar-refractivity contribution in [3.05, 3.63) is 40.6 Å². The summed E-state index contributed by atoms with van der Waals surface area (Å²) < 4.78 is 0. The van der Waals surface area contributed by atoms with Crippen molar-refractivity contribution in [1.29, 1.82) is 0 Å². The predicted molar refractivity (Wildman–Crippen MR) is 107 cm³/mol. The van der Waals surface area contributed by atoms with E-state index < -0.39 is 0 Å². The molecule has 0 saturated carbocycles. The van der Waals surface area contributed by atoms with E-state index in [1.54, 1.807) is 0 Å². The Balaban J connectivity index is 1.63. The number of piperazine rings is 1. The zero-order chi connectivity index (χ0) is 18.7. The van der Waals surface area contributed by atoms with E-state index in [9.17, 15) is 4.79 Å². The van der Waals surface area contributed by atoms with Crippen molar-refractivity contribution < 1.29 is 4.79 Å².